The fourth-order valence-corrected chi connectivity index (χ4v) is 6.17. The van der Waals surface area contributed by atoms with Gasteiger partial charge in [-0.1, -0.05) is 47.6 Å². The second-order valence-electron chi connectivity index (χ2n) is 7.06. The molecule has 0 saturated heterocycles. The second kappa shape index (κ2) is 9.82. The Morgan fingerprint density at radius 1 is 1.15 bits per heavy atom. The van der Waals surface area contributed by atoms with Gasteiger partial charge in [-0.05, 0) is 17.5 Å². The van der Waals surface area contributed by atoms with E-state index in [2.05, 4.69) is 4.98 Å². The molecule has 4 heterocycles. The zero-order valence-electron chi connectivity index (χ0n) is 17.5. The van der Waals surface area contributed by atoms with Crippen molar-refractivity contribution >= 4 is 56.3 Å². The van der Waals surface area contributed by atoms with Gasteiger partial charge in [-0.25, -0.2) is 9.97 Å². The van der Waals surface area contributed by atoms with Gasteiger partial charge in [0.05, 0.1) is 29.1 Å². The Labute approximate surface area is 206 Å². The van der Waals surface area contributed by atoms with Gasteiger partial charge in [0.15, 0.2) is 5.16 Å². The summed E-state index contributed by atoms with van der Waals surface area (Å²) >= 11 is 10.9. The highest BCUT2D eigenvalue weighted by Crippen LogP contribution is 2.36. The molecule has 0 radical (unpaired) electrons. The first-order chi connectivity index (χ1) is 16.2. The largest absolute Gasteiger partial charge is 0.444 e. The van der Waals surface area contributed by atoms with Gasteiger partial charge >= 0.3 is 0 Å². The third kappa shape index (κ3) is 4.51. The summed E-state index contributed by atoms with van der Waals surface area (Å²) in [6, 6.07) is 11.5. The van der Waals surface area contributed by atoms with E-state index in [0.717, 1.165) is 21.7 Å². The molecule has 0 unspecified atom stereocenters. The van der Waals surface area contributed by atoms with Crippen molar-refractivity contribution in [2.75, 3.05) is 13.7 Å². The van der Waals surface area contributed by atoms with Gasteiger partial charge in [-0.2, -0.15) is 0 Å². The number of benzene rings is 1. The van der Waals surface area contributed by atoms with E-state index in [1.807, 2.05) is 47.2 Å². The monoisotopic (exact) mass is 515 g/mol. The highest BCUT2D eigenvalue weighted by Gasteiger charge is 2.19. The van der Waals surface area contributed by atoms with E-state index < -0.39 is 0 Å². The van der Waals surface area contributed by atoms with Gasteiger partial charge in [0.25, 0.3) is 5.56 Å². The number of thiophene rings is 2. The van der Waals surface area contributed by atoms with Crippen LogP contribution >= 0.6 is 46.0 Å². The third-order valence-corrected chi connectivity index (χ3v) is 8.04. The number of aromatic nitrogens is 3. The highest BCUT2D eigenvalue weighted by molar-refractivity contribution is 7.98. The molecule has 0 atom stereocenters. The maximum atomic E-state index is 13.6. The first kappa shape index (κ1) is 22.4. The van der Waals surface area contributed by atoms with Crippen molar-refractivity contribution in [2.24, 2.45) is 0 Å². The molecular weight excluding hydrogens is 498 g/mol. The molecule has 0 aliphatic rings. The topological polar surface area (TPSA) is 70.2 Å². The predicted octanol–water partition coefficient (Wildman–Crippen LogP) is 6.43. The molecule has 0 saturated carbocycles. The molecule has 0 fully saturated rings. The molecule has 0 amide bonds. The van der Waals surface area contributed by atoms with Crippen LogP contribution in [0.5, 0.6) is 0 Å². The van der Waals surface area contributed by atoms with Crippen LogP contribution in [0.1, 0.15) is 5.69 Å². The molecule has 5 rings (SSSR count). The zero-order chi connectivity index (χ0) is 22.8. The Hall–Kier alpha value is -2.43. The average Bonchev–Trinajstić information content (AvgIpc) is 3.58. The van der Waals surface area contributed by atoms with Crippen LogP contribution < -0.4 is 5.56 Å². The summed E-state index contributed by atoms with van der Waals surface area (Å²) in [5.41, 5.74) is 2.32. The first-order valence-corrected chi connectivity index (χ1v) is 13.1. The molecule has 0 aliphatic heterocycles. The van der Waals surface area contributed by atoms with Crippen molar-refractivity contribution in [3.63, 3.8) is 0 Å². The second-order valence-corrected chi connectivity index (χ2v) is 10.2. The van der Waals surface area contributed by atoms with E-state index in [1.165, 1.54) is 23.1 Å². The molecule has 10 heteroatoms. The fourth-order valence-electron chi connectivity index (χ4n) is 3.40. The van der Waals surface area contributed by atoms with E-state index in [4.69, 9.17) is 25.7 Å². The number of nitrogens with zero attached hydrogens (tertiary/aromatic N) is 3. The Balaban J connectivity index is 1.50. The summed E-state index contributed by atoms with van der Waals surface area (Å²) in [4.78, 5) is 24.6. The zero-order valence-corrected chi connectivity index (χ0v) is 20.7. The van der Waals surface area contributed by atoms with E-state index in [9.17, 15) is 4.79 Å². The Morgan fingerprint density at radius 2 is 2.03 bits per heavy atom. The lowest BCUT2D eigenvalue weighted by Gasteiger charge is -2.12. The molecule has 168 valence electrons. The van der Waals surface area contributed by atoms with Crippen molar-refractivity contribution < 1.29 is 9.15 Å². The minimum Gasteiger partial charge on any atom is -0.444 e. The van der Waals surface area contributed by atoms with Crippen molar-refractivity contribution in [3.05, 3.63) is 74.5 Å². The third-order valence-electron chi connectivity index (χ3n) is 4.97. The summed E-state index contributed by atoms with van der Waals surface area (Å²) in [7, 11) is 1.62. The fraction of sp³-hybridized carbons (Fsp3) is 0.174. The van der Waals surface area contributed by atoms with Crippen molar-refractivity contribution in [1.82, 2.24) is 14.5 Å². The van der Waals surface area contributed by atoms with Gasteiger partial charge in [0, 0.05) is 34.4 Å². The first-order valence-electron chi connectivity index (χ1n) is 10.0. The Morgan fingerprint density at radius 3 is 2.82 bits per heavy atom. The van der Waals surface area contributed by atoms with Crippen LogP contribution in [0, 0.1) is 0 Å². The van der Waals surface area contributed by atoms with E-state index in [-0.39, 0.29) is 5.56 Å². The van der Waals surface area contributed by atoms with Gasteiger partial charge in [0.2, 0.25) is 5.89 Å². The minimum atomic E-state index is -0.102. The number of thioether (sulfide) groups is 1. The van der Waals surface area contributed by atoms with Crippen LogP contribution in [0.2, 0.25) is 5.02 Å². The predicted molar refractivity (Wildman–Crippen MR) is 136 cm³/mol. The lowest BCUT2D eigenvalue weighted by molar-refractivity contribution is 0.183. The lowest BCUT2D eigenvalue weighted by atomic mass is 10.1. The number of ether oxygens (including phenoxy) is 1. The Kier molecular flexibility index (Phi) is 6.66. The van der Waals surface area contributed by atoms with Gasteiger partial charge < -0.3 is 9.15 Å². The van der Waals surface area contributed by atoms with Crippen LogP contribution in [0.3, 0.4) is 0 Å². The standard InChI is InChI=1S/C23H18ClN3O3S3/c1-29-9-8-27-22(28)19-16(15-5-2-3-6-17(15)24)13-32-21(19)26-23(27)33-12-14-11-30-20(25-14)18-7-4-10-31-18/h2-7,10-11,13H,8-9,12H2,1H3. The van der Waals surface area contributed by atoms with Crippen LogP contribution in [-0.4, -0.2) is 28.3 Å². The Bertz CT molecular complexity index is 1460. The average molecular weight is 516 g/mol. The number of halogens is 1. The molecule has 6 nitrogen and oxygen atoms in total. The number of rotatable bonds is 8. The minimum absolute atomic E-state index is 0.102. The number of fused-ring (bicyclic) bond motifs is 1. The number of hydrogen-bond acceptors (Lipinski definition) is 8. The molecule has 0 bridgehead atoms. The summed E-state index contributed by atoms with van der Waals surface area (Å²) < 4.78 is 12.5. The van der Waals surface area contributed by atoms with Crippen molar-refractivity contribution in [3.8, 4) is 21.9 Å². The summed E-state index contributed by atoms with van der Waals surface area (Å²) in [6.07, 6.45) is 1.65. The van der Waals surface area contributed by atoms with Crippen molar-refractivity contribution in [1.29, 1.82) is 0 Å². The van der Waals surface area contributed by atoms with E-state index in [0.29, 0.717) is 45.2 Å². The van der Waals surface area contributed by atoms with Crippen LogP contribution in [-0.2, 0) is 17.0 Å². The highest BCUT2D eigenvalue weighted by atomic mass is 35.5. The number of oxazole rings is 1. The summed E-state index contributed by atoms with van der Waals surface area (Å²) in [5.74, 6) is 1.13. The van der Waals surface area contributed by atoms with Gasteiger partial charge in [-0.15, -0.1) is 22.7 Å². The van der Waals surface area contributed by atoms with Gasteiger partial charge in [0.1, 0.15) is 11.1 Å². The maximum Gasteiger partial charge on any atom is 0.263 e. The molecule has 0 aliphatic carbocycles. The SMILES string of the molecule is COCCn1c(SCc2coc(-c3cccs3)n2)nc2scc(-c3ccccc3Cl)c2c1=O. The quantitative estimate of drug-likeness (QED) is 0.175. The van der Waals surface area contributed by atoms with E-state index >= 15 is 0 Å². The number of methoxy groups -OCH3 is 1. The molecular formula is C23H18ClN3O3S3. The molecule has 1 aromatic carbocycles. The number of hydrogen-bond donors (Lipinski definition) is 0. The molecule has 0 N–H and O–H groups in total. The molecule has 33 heavy (non-hydrogen) atoms. The van der Waals surface area contributed by atoms with Gasteiger partial charge in [-0.3, -0.25) is 9.36 Å². The molecule has 4 aromatic heterocycles. The lowest BCUT2D eigenvalue weighted by Crippen LogP contribution is -2.25. The molecule has 0 spiro atoms. The smallest absolute Gasteiger partial charge is 0.263 e. The normalized spacial score (nSPS) is 11.5. The molecule has 5 aromatic rings. The maximum absolute atomic E-state index is 13.6. The van der Waals surface area contributed by atoms with E-state index in [1.54, 1.807) is 29.3 Å². The van der Waals surface area contributed by atoms with Crippen LogP contribution in [0.15, 0.2) is 67.8 Å². The van der Waals surface area contributed by atoms with Crippen LogP contribution in [0.4, 0.5) is 0 Å². The summed E-state index contributed by atoms with van der Waals surface area (Å²) in [6.45, 7) is 0.802. The van der Waals surface area contributed by atoms with Crippen LogP contribution in [0.25, 0.3) is 32.1 Å². The summed E-state index contributed by atoms with van der Waals surface area (Å²) in [5, 5.41) is 5.73. The van der Waals surface area contributed by atoms with Crippen molar-refractivity contribution in [2.45, 2.75) is 17.5 Å².